The topological polar surface area (TPSA) is 29.5 Å². The molecule has 2 aliphatic heterocycles. The molecular formula is C12H25NO2. The number of carbonyl (C=O) groups is 1. The Morgan fingerprint density at radius 1 is 1.20 bits per heavy atom. The fourth-order valence-electron chi connectivity index (χ4n) is 1.83. The summed E-state index contributed by atoms with van der Waals surface area (Å²) in [5, 5.41) is 0. The van der Waals surface area contributed by atoms with Gasteiger partial charge in [0.2, 0.25) is 5.91 Å². The number of amides is 1. The van der Waals surface area contributed by atoms with Crippen LogP contribution in [0.3, 0.4) is 0 Å². The second kappa shape index (κ2) is 6.83. The third-order valence-electron chi connectivity index (χ3n) is 2.73. The van der Waals surface area contributed by atoms with Crippen molar-refractivity contribution in [3.63, 3.8) is 0 Å². The van der Waals surface area contributed by atoms with Crippen molar-refractivity contribution in [3.05, 3.63) is 0 Å². The van der Waals surface area contributed by atoms with E-state index in [9.17, 15) is 4.79 Å². The van der Waals surface area contributed by atoms with Gasteiger partial charge in [-0.2, -0.15) is 0 Å². The SMILES string of the molecule is CC.CC.CC(=O)N1CCC2(CCO2)C1. The summed E-state index contributed by atoms with van der Waals surface area (Å²) in [6.45, 7) is 12.2. The van der Waals surface area contributed by atoms with Gasteiger partial charge in [-0.25, -0.2) is 0 Å². The molecule has 2 fully saturated rings. The van der Waals surface area contributed by atoms with Crippen LogP contribution in [-0.4, -0.2) is 36.1 Å². The maximum absolute atomic E-state index is 10.9. The van der Waals surface area contributed by atoms with Crippen LogP contribution < -0.4 is 0 Å². The zero-order chi connectivity index (χ0) is 11.9. The average Bonchev–Trinajstić information content (AvgIpc) is 2.68. The molecule has 90 valence electrons. The molecule has 15 heavy (non-hydrogen) atoms. The van der Waals surface area contributed by atoms with Crippen LogP contribution in [0.1, 0.15) is 47.5 Å². The van der Waals surface area contributed by atoms with E-state index in [-0.39, 0.29) is 11.5 Å². The normalized spacial score (nSPS) is 27.1. The predicted molar refractivity (Wildman–Crippen MR) is 62.9 cm³/mol. The molecule has 2 heterocycles. The van der Waals surface area contributed by atoms with E-state index in [2.05, 4.69) is 0 Å². The lowest BCUT2D eigenvalue weighted by atomic mass is 9.94. The van der Waals surface area contributed by atoms with E-state index >= 15 is 0 Å². The molecule has 0 aliphatic carbocycles. The number of nitrogens with zero attached hydrogens (tertiary/aromatic N) is 1. The molecule has 1 spiro atoms. The quantitative estimate of drug-likeness (QED) is 0.621. The standard InChI is InChI=1S/C8H13NO2.2C2H6/c1-7(10)9-4-2-8(6-9)3-5-11-8;2*1-2/h2-6H2,1H3;2*1-2H3. The molecule has 0 saturated carbocycles. The van der Waals surface area contributed by atoms with Crippen molar-refractivity contribution >= 4 is 5.91 Å². The van der Waals surface area contributed by atoms with Gasteiger partial charge in [-0.15, -0.1) is 0 Å². The van der Waals surface area contributed by atoms with Crippen LogP contribution in [0.4, 0.5) is 0 Å². The summed E-state index contributed by atoms with van der Waals surface area (Å²) in [7, 11) is 0. The minimum absolute atomic E-state index is 0.0751. The number of hydrogen-bond acceptors (Lipinski definition) is 2. The summed E-state index contributed by atoms with van der Waals surface area (Å²) >= 11 is 0. The monoisotopic (exact) mass is 215 g/mol. The molecular weight excluding hydrogens is 190 g/mol. The smallest absolute Gasteiger partial charge is 0.219 e. The number of likely N-dealkylation sites (tertiary alicyclic amines) is 1. The molecule has 0 aromatic carbocycles. The minimum atomic E-state index is 0.0751. The van der Waals surface area contributed by atoms with Crippen molar-refractivity contribution in [1.82, 2.24) is 4.90 Å². The Balaban J connectivity index is 0.000000442. The highest BCUT2D eigenvalue weighted by molar-refractivity contribution is 5.73. The third kappa shape index (κ3) is 3.49. The van der Waals surface area contributed by atoms with E-state index in [4.69, 9.17) is 4.74 Å². The first-order chi connectivity index (χ1) is 7.22. The van der Waals surface area contributed by atoms with Crippen molar-refractivity contribution in [2.24, 2.45) is 0 Å². The highest BCUT2D eigenvalue weighted by atomic mass is 16.5. The maximum Gasteiger partial charge on any atom is 0.219 e. The number of ether oxygens (including phenoxy) is 1. The highest BCUT2D eigenvalue weighted by Gasteiger charge is 2.44. The summed E-state index contributed by atoms with van der Waals surface area (Å²) in [5.74, 6) is 0.178. The van der Waals surface area contributed by atoms with Crippen LogP contribution in [0.5, 0.6) is 0 Å². The molecule has 3 nitrogen and oxygen atoms in total. The predicted octanol–water partition coefficient (Wildman–Crippen LogP) is 2.45. The Bertz CT molecular complexity index is 188. The summed E-state index contributed by atoms with van der Waals surface area (Å²) in [4.78, 5) is 12.8. The summed E-state index contributed by atoms with van der Waals surface area (Å²) in [5.41, 5.74) is 0.0751. The first-order valence-corrected chi connectivity index (χ1v) is 6.11. The first kappa shape index (κ1) is 14.4. The van der Waals surface area contributed by atoms with Gasteiger partial charge in [-0.3, -0.25) is 4.79 Å². The Labute approximate surface area is 93.8 Å². The highest BCUT2D eigenvalue weighted by Crippen LogP contribution is 2.35. The van der Waals surface area contributed by atoms with E-state index in [1.165, 1.54) is 0 Å². The molecule has 1 unspecified atom stereocenters. The lowest BCUT2D eigenvalue weighted by Gasteiger charge is -2.38. The molecule has 0 radical (unpaired) electrons. The largest absolute Gasteiger partial charge is 0.373 e. The summed E-state index contributed by atoms with van der Waals surface area (Å²) in [6, 6.07) is 0. The van der Waals surface area contributed by atoms with Gasteiger partial charge >= 0.3 is 0 Å². The van der Waals surface area contributed by atoms with Crippen LogP contribution in [0.25, 0.3) is 0 Å². The Morgan fingerprint density at radius 3 is 1.93 bits per heavy atom. The number of rotatable bonds is 0. The number of carbonyl (C=O) groups excluding carboxylic acids is 1. The van der Waals surface area contributed by atoms with Crippen LogP contribution in [0, 0.1) is 0 Å². The molecule has 1 amide bonds. The lowest BCUT2D eigenvalue weighted by Crippen LogP contribution is -2.46. The number of hydrogen-bond donors (Lipinski definition) is 0. The molecule has 3 heteroatoms. The van der Waals surface area contributed by atoms with E-state index in [0.717, 1.165) is 32.5 Å². The summed E-state index contributed by atoms with van der Waals surface area (Å²) < 4.78 is 5.47. The molecule has 2 saturated heterocycles. The Morgan fingerprint density at radius 2 is 1.73 bits per heavy atom. The van der Waals surface area contributed by atoms with Crippen molar-refractivity contribution in [2.75, 3.05) is 19.7 Å². The fraction of sp³-hybridized carbons (Fsp3) is 0.917. The minimum Gasteiger partial charge on any atom is -0.373 e. The fourth-order valence-corrected chi connectivity index (χ4v) is 1.83. The molecule has 0 bridgehead atoms. The molecule has 0 aromatic rings. The van der Waals surface area contributed by atoms with E-state index in [1.807, 2.05) is 32.6 Å². The Hall–Kier alpha value is -0.570. The van der Waals surface area contributed by atoms with E-state index in [0.29, 0.717) is 0 Å². The van der Waals surface area contributed by atoms with Gasteiger partial charge in [0.1, 0.15) is 0 Å². The third-order valence-corrected chi connectivity index (χ3v) is 2.73. The second-order valence-corrected chi connectivity index (χ2v) is 3.47. The van der Waals surface area contributed by atoms with Gasteiger partial charge in [0.05, 0.1) is 12.2 Å². The first-order valence-electron chi connectivity index (χ1n) is 6.11. The molecule has 1 atom stereocenters. The summed E-state index contributed by atoms with van der Waals surface area (Å²) in [6.07, 6.45) is 2.17. The van der Waals surface area contributed by atoms with E-state index < -0.39 is 0 Å². The van der Waals surface area contributed by atoms with Crippen LogP contribution in [0.2, 0.25) is 0 Å². The average molecular weight is 215 g/mol. The molecule has 0 N–H and O–H groups in total. The van der Waals surface area contributed by atoms with Gasteiger partial charge in [-0.1, -0.05) is 27.7 Å². The van der Waals surface area contributed by atoms with E-state index in [1.54, 1.807) is 6.92 Å². The van der Waals surface area contributed by atoms with Crippen molar-refractivity contribution in [1.29, 1.82) is 0 Å². The second-order valence-electron chi connectivity index (χ2n) is 3.47. The van der Waals surface area contributed by atoms with Crippen molar-refractivity contribution in [3.8, 4) is 0 Å². The van der Waals surface area contributed by atoms with Gasteiger partial charge in [0.15, 0.2) is 0 Å². The Kier molecular flexibility index (Phi) is 6.57. The van der Waals surface area contributed by atoms with Crippen LogP contribution >= 0.6 is 0 Å². The molecule has 2 rings (SSSR count). The van der Waals surface area contributed by atoms with Crippen molar-refractivity contribution in [2.45, 2.75) is 53.1 Å². The van der Waals surface area contributed by atoms with Crippen molar-refractivity contribution < 1.29 is 9.53 Å². The van der Waals surface area contributed by atoms with Gasteiger partial charge in [-0.05, 0) is 6.42 Å². The zero-order valence-electron chi connectivity index (χ0n) is 10.8. The maximum atomic E-state index is 10.9. The van der Waals surface area contributed by atoms with Gasteiger partial charge < -0.3 is 9.64 Å². The molecule has 2 aliphatic rings. The molecule has 0 aromatic heterocycles. The lowest BCUT2D eigenvalue weighted by molar-refractivity contribution is -0.145. The van der Waals surface area contributed by atoms with Gasteiger partial charge in [0.25, 0.3) is 0 Å². The van der Waals surface area contributed by atoms with Crippen LogP contribution in [-0.2, 0) is 9.53 Å². The zero-order valence-corrected chi connectivity index (χ0v) is 10.8. The van der Waals surface area contributed by atoms with Crippen LogP contribution in [0.15, 0.2) is 0 Å². The van der Waals surface area contributed by atoms with Gasteiger partial charge in [0, 0.05) is 26.4 Å².